The van der Waals surface area contributed by atoms with Gasteiger partial charge in [-0.1, -0.05) is 26.0 Å². The summed E-state index contributed by atoms with van der Waals surface area (Å²) in [5.41, 5.74) is 0.856. The molecular formula is C20H28FN3O3. The van der Waals surface area contributed by atoms with Crippen LogP contribution in [0.2, 0.25) is 0 Å². The van der Waals surface area contributed by atoms with Gasteiger partial charge in [-0.05, 0) is 23.6 Å². The quantitative estimate of drug-likeness (QED) is 0.824. The minimum Gasteiger partial charge on any atom is -0.359 e. The summed E-state index contributed by atoms with van der Waals surface area (Å²) in [6, 6.07) is 6.00. The molecule has 0 saturated carbocycles. The maximum Gasteiger partial charge on any atom is 0.224 e. The first-order valence-electron chi connectivity index (χ1n) is 9.34. The summed E-state index contributed by atoms with van der Waals surface area (Å²) in [4.78, 5) is 40.1. The van der Waals surface area contributed by atoms with E-state index in [0.29, 0.717) is 19.6 Å². The average molecular weight is 377 g/mol. The smallest absolute Gasteiger partial charge is 0.224 e. The van der Waals surface area contributed by atoms with Crippen molar-refractivity contribution in [2.24, 2.45) is 5.92 Å². The zero-order valence-electron chi connectivity index (χ0n) is 16.2. The molecule has 0 spiro atoms. The molecule has 1 aromatic rings. The molecule has 0 aromatic heterocycles. The molecule has 6 nitrogen and oxygen atoms in total. The fourth-order valence-corrected chi connectivity index (χ4v) is 3.27. The summed E-state index contributed by atoms with van der Waals surface area (Å²) in [7, 11) is 1.54. The van der Waals surface area contributed by atoms with Crippen molar-refractivity contribution in [2.45, 2.75) is 45.7 Å². The molecule has 1 aliphatic rings. The lowest BCUT2D eigenvalue weighted by Gasteiger charge is -2.34. The molecule has 0 unspecified atom stereocenters. The van der Waals surface area contributed by atoms with Crippen LogP contribution in [0.5, 0.6) is 0 Å². The Morgan fingerprint density at radius 1 is 1.22 bits per heavy atom. The number of rotatable bonds is 6. The molecule has 1 aliphatic heterocycles. The topological polar surface area (TPSA) is 69.7 Å². The van der Waals surface area contributed by atoms with Crippen LogP contribution < -0.4 is 5.32 Å². The highest BCUT2D eigenvalue weighted by Crippen LogP contribution is 2.21. The summed E-state index contributed by atoms with van der Waals surface area (Å²) < 4.78 is 13.2. The highest BCUT2D eigenvalue weighted by molar-refractivity contribution is 5.84. The van der Waals surface area contributed by atoms with Crippen LogP contribution in [0, 0.1) is 11.7 Å². The molecule has 0 bridgehead atoms. The number of benzene rings is 1. The predicted molar refractivity (Wildman–Crippen MR) is 100 cm³/mol. The van der Waals surface area contributed by atoms with Crippen LogP contribution in [0.4, 0.5) is 4.39 Å². The molecule has 2 rings (SSSR count). The van der Waals surface area contributed by atoms with Gasteiger partial charge in [0.05, 0.1) is 6.04 Å². The van der Waals surface area contributed by atoms with E-state index in [4.69, 9.17) is 0 Å². The normalized spacial score (nSPS) is 17.8. The van der Waals surface area contributed by atoms with E-state index in [-0.39, 0.29) is 54.8 Å². The number of nitrogens with zero attached hydrogens (tertiary/aromatic N) is 2. The molecule has 1 atom stereocenters. The van der Waals surface area contributed by atoms with E-state index >= 15 is 0 Å². The molecule has 1 fully saturated rings. The van der Waals surface area contributed by atoms with E-state index in [0.717, 1.165) is 5.56 Å². The summed E-state index contributed by atoms with van der Waals surface area (Å²) in [6.07, 6.45) is 0.526. The SMILES string of the molecule is CNC(=O)CCC(=O)N1CCC(=O)N(Cc2ccc(F)cc2)[C@@H](C(C)C)C1. The summed E-state index contributed by atoms with van der Waals surface area (Å²) in [6.45, 7) is 5.23. The third-order valence-electron chi connectivity index (χ3n) is 4.96. The molecule has 148 valence electrons. The van der Waals surface area contributed by atoms with Gasteiger partial charge in [0, 0.05) is 45.9 Å². The van der Waals surface area contributed by atoms with Gasteiger partial charge in [-0.25, -0.2) is 4.39 Å². The fraction of sp³-hybridized carbons (Fsp3) is 0.550. The van der Waals surface area contributed by atoms with Crippen LogP contribution in [0.25, 0.3) is 0 Å². The molecule has 27 heavy (non-hydrogen) atoms. The zero-order valence-corrected chi connectivity index (χ0v) is 16.2. The van der Waals surface area contributed by atoms with Gasteiger partial charge in [-0.2, -0.15) is 0 Å². The molecule has 1 N–H and O–H groups in total. The van der Waals surface area contributed by atoms with Gasteiger partial charge in [0.1, 0.15) is 5.82 Å². The van der Waals surface area contributed by atoms with Gasteiger partial charge in [-0.3, -0.25) is 14.4 Å². The average Bonchev–Trinajstić information content (AvgIpc) is 2.81. The van der Waals surface area contributed by atoms with E-state index in [2.05, 4.69) is 5.32 Å². The Balaban J connectivity index is 2.12. The lowest BCUT2D eigenvalue weighted by molar-refractivity contribution is -0.135. The minimum absolute atomic E-state index is 0.0142. The largest absolute Gasteiger partial charge is 0.359 e. The minimum atomic E-state index is -0.311. The predicted octanol–water partition coefficient (Wildman–Crippen LogP) is 1.94. The van der Waals surface area contributed by atoms with Crippen LogP contribution in [0.3, 0.4) is 0 Å². The molecule has 1 heterocycles. The van der Waals surface area contributed by atoms with Crippen molar-refractivity contribution in [1.29, 1.82) is 0 Å². The van der Waals surface area contributed by atoms with Crippen molar-refractivity contribution < 1.29 is 18.8 Å². The first-order valence-corrected chi connectivity index (χ1v) is 9.34. The first kappa shape index (κ1) is 20.9. The summed E-state index contributed by atoms with van der Waals surface area (Å²) in [5, 5.41) is 2.51. The fourth-order valence-electron chi connectivity index (χ4n) is 3.27. The standard InChI is InChI=1S/C20H28FN3O3/c1-14(2)17-13-23(19(26)9-8-18(25)22-3)11-10-20(27)24(17)12-15-4-6-16(21)7-5-15/h4-7,14,17H,8-13H2,1-3H3,(H,22,25)/t17-/m1/s1. The van der Waals surface area contributed by atoms with Crippen molar-refractivity contribution >= 4 is 17.7 Å². The van der Waals surface area contributed by atoms with Crippen LogP contribution in [-0.2, 0) is 20.9 Å². The maximum atomic E-state index is 13.2. The number of hydrogen-bond acceptors (Lipinski definition) is 3. The molecule has 0 radical (unpaired) electrons. The molecule has 1 saturated heterocycles. The highest BCUT2D eigenvalue weighted by atomic mass is 19.1. The second kappa shape index (κ2) is 9.48. The van der Waals surface area contributed by atoms with E-state index in [1.807, 2.05) is 13.8 Å². The van der Waals surface area contributed by atoms with Gasteiger partial charge < -0.3 is 15.1 Å². The van der Waals surface area contributed by atoms with E-state index in [9.17, 15) is 18.8 Å². The van der Waals surface area contributed by atoms with E-state index in [1.54, 1.807) is 29.0 Å². The Morgan fingerprint density at radius 2 is 1.89 bits per heavy atom. The second-order valence-corrected chi connectivity index (χ2v) is 7.22. The summed E-state index contributed by atoms with van der Waals surface area (Å²) in [5.74, 6) is -0.455. The molecule has 7 heteroatoms. The van der Waals surface area contributed by atoms with E-state index in [1.165, 1.54) is 12.1 Å². The van der Waals surface area contributed by atoms with Gasteiger partial charge in [-0.15, -0.1) is 0 Å². The van der Waals surface area contributed by atoms with Crippen molar-refractivity contribution in [3.63, 3.8) is 0 Å². The Bertz CT molecular complexity index is 676. The van der Waals surface area contributed by atoms with Crippen molar-refractivity contribution in [2.75, 3.05) is 20.1 Å². The van der Waals surface area contributed by atoms with Crippen LogP contribution in [0.1, 0.15) is 38.7 Å². The zero-order chi connectivity index (χ0) is 20.0. The molecule has 1 aromatic carbocycles. The third-order valence-corrected chi connectivity index (χ3v) is 4.96. The van der Waals surface area contributed by atoms with Gasteiger partial charge >= 0.3 is 0 Å². The van der Waals surface area contributed by atoms with Crippen molar-refractivity contribution in [3.8, 4) is 0 Å². The Kier molecular flexibility index (Phi) is 7.33. The van der Waals surface area contributed by atoms with Crippen LogP contribution in [0.15, 0.2) is 24.3 Å². The van der Waals surface area contributed by atoms with Crippen LogP contribution >= 0.6 is 0 Å². The number of halogens is 1. The number of nitrogens with one attached hydrogen (secondary N) is 1. The maximum absolute atomic E-state index is 13.2. The number of carbonyl (C=O) groups is 3. The van der Waals surface area contributed by atoms with Gasteiger partial charge in [0.15, 0.2) is 0 Å². The first-order chi connectivity index (χ1) is 12.8. The van der Waals surface area contributed by atoms with Gasteiger partial charge in [0.2, 0.25) is 17.7 Å². The molecule has 3 amide bonds. The van der Waals surface area contributed by atoms with Crippen molar-refractivity contribution in [1.82, 2.24) is 15.1 Å². The lowest BCUT2D eigenvalue weighted by Crippen LogP contribution is -2.47. The number of carbonyl (C=O) groups excluding carboxylic acids is 3. The molecule has 0 aliphatic carbocycles. The monoisotopic (exact) mass is 377 g/mol. The Hall–Kier alpha value is -2.44. The highest BCUT2D eigenvalue weighted by Gasteiger charge is 2.33. The third kappa shape index (κ3) is 5.77. The van der Waals surface area contributed by atoms with Gasteiger partial charge in [0.25, 0.3) is 0 Å². The lowest BCUT2D eigenvalue weighted by atomic mass is 10.0. The Morgan fingerprint density at radius 3 is 2.48 bits per heavy atom. The summed E-state index contributed by atoms with van der Waals surface area (Å²) >= 11 is 0. The van der Waals surface area contributed by atoms with Crippen molar-refractivity contribution in [3.05, 3.63) is 35.6 Å². The molecular weight excluding hydrogens is 349 g/mol. The number of amides is 3. The second-order valence-electron chi connectivity index (χ2n) is 7.22. The number of hydrogen-bond donors (Lipinski definition) is 1. The Labute approximate surface area is 159 Å². The van der Waals surface area contributed by atoms with E-state index < -0.39 is 0 Å². The van der Waals surface area contributed by atoms with Crippen LogP contribution in [-0.4, -0.2) is 53.7 Å².